The van der Waals surface area contributed by atoms with E-state index in [2.05, 4.69) is 14.9 Å². The molecule has 1 unspecified atom stereocenters. The Morgan fingerprint density at radius 2 is 1.77 bits per heavy atom. The highest BCUT2D eigenvalue weighted by Gasteiger charge is 2.59. The van der Waals surface area contributed by atoms with Gasteiger partial charge in [-0.25, -0.2) is 23.1 Å². The third-order valence-corrected chi connectivity index (χ3v) is 4.97. The van der Waals surface area contributed by atoms with Crippen LogP contribution in [0.3, 0.4) is 0 Å². The average Bonchev–Trinajstić information content (AvgIpc) is 2.88. The van der Waals surface area contributed by atoms with E-state index in [1.807, 2.05) is 13.8 Å². The standard InChI is InChI=1S/C15H21F3N4/c1-11(2)21-6-4-15(17,18)14(9-21)3-5-22(10-14)13-19-7-12(16)8-20-13/h7-8,11H,3-6,9-10H2,1-2H3. The largest absolute Gasteiger partial charge is 0.340 e. The van der Waals surface area contributed by atoms with Gasteiger partial charge in [0.1, 0.15) is 0 Å². The van der Waals surface area contributed by atoms with Crippen LogP contribution in [0.5, 0.6) is 0 Å². The van der Waals surface area contributed by atoms with Gasteiger partial charge in [0.25, 0.3) is 5.92 Å². The lowest BCUT2D eigenvalue weighted by Crippen LogP contribution is -2.58. The van der Waals surface area contributed by atoms with E-state index in [0.717, 1.165) is 12.4 Å². The fourth-order valence-electron chi connectivity index (χ4n) is 3.51. The Hall–Kier alpha value is -1.37. The number of alkyl halides is 2. The molecule has 2 fully saturated rings. The molecule has 1 atom stereocenters. The van der Waals surface area contributed by atoms with Gasteiger partial charge in [-0.1, -0.05) is 0 Å². The summed E-state index contributed by atoms with van der Waals surface area (Å²) in [6.07, 6.45) is 2.45. The molecule has 0 amide bonds. The fourth-order valence-corrected chi connectivity index (χ4v) is 3.51. The van der Waals surface area contributed by atoms with Gasteiger partial charge in [-0.3, -0.25) is 4.90 Å². The zero-order chi connectivity index (χ0) is 16.0. The van der Waals surface area contributed by atoms with Gasteiger partial charge in [0.2, 0.25) is 5.95 Å². The van der Waals surface area contributed by atoms with Crippen LogP contribution in [0.1, 0.15) is 26.7 Å². The fraction of sp³-hybridized carbons (Fsp3) is 0.733. The smallest absolute Gasteiger partial charge is 0.257 e. The summed E-state index contributed by atoms with van der Waals surface area (Å²) in [6.45, 7) is 5.58. The molecule has 2 aliphatic rings. The van der Waals surface area contributed by atoms with Crippen molar-refractivity contribution in [3.63, 3.8) is 0 Å². The molecule has 1 spiro atoms. The zero-order valence-electron chi connectivity index (χ0n) is 12.9. The molecular weight excluding hydrogens is 293 g/mol. The van der Waals surface area contributed by atoms with Gasteiger partial charge in [0, 0.05) is 38.6 Å². The highest BCUT2D eigenvalue weighted by Crippen LogP contribution is 2.50. The maximum atomic E-state index is 14.6. The molecule has 122 valence electrons. The Labute approximate surface area is 128 Å². The van der Waals surface area contributed by atoms with E-state index in [-0.39, 0.29) is 19.0 Å². The Kier molecular flexibility index (Phi) is 3.79. The summed E-state index contributed by atoms with van der Waals surface area (Å²) < 4.78 is 42.1. The third kappa shape index (κ3) is 2.55. The molecule has 0 aliphatic carbocycles. The molecule has 3 heterocycles. The van der Waals surface area contributed by atoms with Gasteiger partial charge < -0.3 is 4.90 Å². The molecule has 4 nitrogen and oxygen atoms in total. The van der Waals surface area contributed by atoms with E-state index in [4.69, 9.17) is 0 Å². The van der Waals surface area contributed by atoms with Crippen molar-refractivity contribution in [1.82, 2.24) is 14.9 Å². The molecule has 2 saturated heterocycles. The normalized spacial score (nSPS) is 28.7. The maximum Gasteiger partial charge on any atom is 0.257 e. The highest BCUT2D eigenvalue weighted by atomic mass is 19.3. The summed E-state index contributed by atoms with van der Waals surface area (Å²) in [6, 6.07) is 0.254. The minimum atomic E-state index is -2.69. The SMILES string of the molecule is CC(C)N1CCC(F)(F)C2(CCN(c3ncc(F)cn3)C2)C1. The summed E-state index contributed by atoms with van der Waals surface area (Å²) >= 11 is 0. The number of piperidine rings is 1. The first-order chi connectivity index (χ1) is 10.3. The van der Waals surface area contributed by atoms with Crippen molar-refractivity contribution in [3.8, 4) is 0 Å². The molecular formula is C15H21F3N4. The highest BCUT2D eigenvalue weighted by molar-refractivity contribution is 5.33. The summed E-state index contributed by atoms with van der Waals surface area (Å²) in [4.78, 5) is 11.7. The van der Waals surface area contributed by atoms with E-state index >= 15 is 0 Å². The quantitative estimate of drug-likeness (QED) is 0.840. The Morgan fingerprint density at radius 3 is 2.41 bits per heavy atom. The van der Waals surface area contributed by atoms with Crippen molar-refractivity contribution in [1.29, 1.82) is 0 Å². The topological polar surface area (TPSA) is 32.3 Å². The number of nitrogens with zero attached hydrogens (tertiary/aromatic N) is 4. The second kappa shape index (κ2) is 5.37. The van der Waals surface area contributed by atoms with Crippen LogP contribution in [0.2, 0.25) is 0 Å². The van der Waals surface area contributed by atoms with Crippen molar-refractivity contribution in [3.05, 3.63) is 18.2 Å². The summed E-state index contributed by atoms with van der Waals surface area (Å²) in [5, 5.41) is 0. The second-order valence-electron chi connectivity index (χ2n) is 6.67. The Morgan fingerprint density at radius 1 is 1.09 bits per heavy atom. The van der Waals surface area contributed by atoms with Crippen LogP contribution in [-0.4, -0.2) is 53.0 Å². The number of halogens is 3. The molecule has 0 saturated carbocycles. The van der Waals surface area contributed by atoms with E-state index in [9.17, 15) is 13.2 Å². The number of rotatable bonds is 2. The van der Waals surface area contributed by atoms with Crippen LogP contribution >= 0.6 is 0 Å². The lowest BCUT2D eigenvalue weighted by atomic mass is 9.75. The molecule has 2 aliphatic heterocycles. The van der Waals surface area contributed by atoms with E-state index in [1.165, 1.54) is 0 Å². The molecule has 7 heteroatoms. The van der Waals surface area contributed by atoms with Crippen LogP contribution in [-0.2, 0) is 0 Å². The zero-order valence-corrected chi connectivity index (χ0v) is 12.9. The predicted octanol–water partition coefficient (Wildman–Crippen LogP) is 2.56. The molecule has 22 heavy (non-hydrogen) atoms. The first kappa shape index (κ1) is 15.5. The van der Waals surface area contributed by atoms with Crippen LogP contribution in [0, 0.1) is 11.2 Å². The van der Waals surface area contributed by atoms with E-state index < -0.39 is 17.2 Å². The number of hydrogen-bond acceptors (Lipinski definition) is 4. The lowest BCUT2D eigenvalue weighted by Gasteiger charge is -2.47. The van der Waals surface area contributed by atoms with Crippen molar-refractivity contribution in [2.75, 3.05) is 31.1 Å². The number of hydrogen-bond donors (Lipinski definition) is 0. The predicted molar refractivity (Wildman–Crippen MR) is 77.5 cm³/mol. The Bertz CT molecular complexity index is 534. The monoisotopic (exact) mass is 314 g/mol. The maximum absolute atomic E-state index is 14.6. The minimum Gasteiger partial charge on any atom is -0.340 e. The molecule has 1 aromatic rings. The van der Waals surface area contributed by atoms with E-state index in [0.29, 0.717) is 32.0 Å². The average molecular weight is 314 g/mol. The molecule has 3 rings (SSSR count). The van der Waals surface area contributed by atoms with E-state index in [1.54, 1.807) is 4.90 Å². The van der Waals surface area contributed by atoms with Gasteiger partial charge in [-0.15, -0.1) is 0 Å². The molecule has 0 radical (unpaired) electrons. The number of anilines is 1. The van der Waals surface area contributed by atoms with Crippen LogP contribution in [0.4, 0.5) is 19.1 Å². The second-order valence-corrected chi connectivity index (χ2v) is 6.67. The number of aromatic nitrogens is 2. The Balaban J connectivity index is 1.82. The van der Waals surface area contributed by atoms with Gasteiger partial charge in [-0.2, -0.15) is 0 Å². The molecule has 1 aromatic heterocycles. The van der Waals surface area contributed by atoms with Crippen molar-refractivity contribution in [2.45, 2.75) is 38.7 Å². The van der Waals surface area contributed by atoms with Gasteiger partial charge in [0.15, 0.2) is 5.82 Å². The number of likely N-dealkylation sites (tertiary alicyclic amines) is 1. The lowest BCUT2D eigenvalue weighted by molar-refractivity contribution is -0.161. The van der Waals surface area contributed by atoms with Gasteiger partial charge in [-0.05, 0) is 20.3 Å². The first-order valence-electron chi connectivity index (χ1n) is 7.67. The first-order valence-corrected chi connectivity index (χ1v) is 7.67. The van der Waals surface area contributed by atoms with Crippen molar-refractivity contribution in [2.24, 2.45) is 5.41 Å². The van der Waals surface area contributed by atoms with Crippen LogP contribution < -0.4 is 4.90 Å². The molecule has 0 bridgehead atoms. The summed E-state index contributed by atoms with van der Waals surface area (Å²) in [5.41, 5.74) is -1.06. The minimum absolute atomic E-state index is 0.108. The van der Waals surface area contributed by atoms with Crippen molar-refractivity contribution < 1.29 is 13.2 Å². The van der Waals surface area contributed by atoms with Gasteiger partial charge >= 0.3 is 0 Å². The van der Waals surface area contributed by atoms with Crippen LogP contribution in [0.15, 0.2) is 12.4 Å². The third-order valence-electron chi connectivity index (χ3n) is 4.97. The van der Waals surface area contributed by atoms with Gasteiger partial charge in [0.05, 0.1) is 17.8 Å². The molecule has 0 N–H and O–H groups in total. The van der Waals surface area contributed by atoms with Crippen molar-refractivity contribution >= 4 is 5.95 Å². The molecule has 0 aromatic carbocycles. The van der Waals surface area contributed by atoms with Crippen LogP contribution in [0.25, 0.3) is 0 Å². The summed E-state index contributed by atoms with van der Waals surface area (Å²) in [7, 11) is 0. The summed E-state index contributed by atoms with van der Waals surface area (Å²) in [5.74, 6) is -2.88.